The second kappa shape index (κ2) is 2.56. The van der Waals surface area contributed by atoms with Crippen LogP contribution in [0.1, 0.15) is 34.8 Å². The van der Waals surface area contributed by atoms with Crippen molar-refractivity contribution in [2.24, 2.45) is 5.92 Å². The zero-order valence-electron chi connectivity index (χ0n) is 7.59. The van der Waals surface area contributed by atoms with Gasteiger partial charge in [-0.05, 0) is 30.4 Å². The van der Waals surface area contributed by atoms with Crippen molar-refractivity contribution in [3.63, 3.8) is 0 Å². The molecular weight excluding hydrogens is 181 g/mol. The number of halogens is 1. The van der Waals surface area contributed by atoms with Crippen LogP contribution in [0.4, 0.5) is 4.39 Å². The molecule has 2 nitrogen and oxygen atoms in total. The van der Waals surface area contributed by atoms with Crippen LogP contribution < -0.4 is 5.32 Å². The van der Waals surface area contributed by atoms with Crippen LogP contribution in [0, 0.1) is 11.7 Å². The van der Waals surface area contributed by atoms with Gasteiger partial charge in [0.05, 0.1) is 11.6 Å². The molecule has 1 aliphatic heterocycles. The van der Waals surface area contributed by atoms with E-state index in [2.05, 4.69) is 5.32 Å². The van der Waals surface area contributed by atoms with Crippen molar-refractivity contribution >= 4 is 5.91 Å². The topological polar surface area (TPSA) is 29.1 Å². The summed E-state index contributed by atoms with van der Waals surface area (Å²) in [7, 11) is 0. The predicted octanol–water partition coefficient (Wildman–Crippen LogP) is 2.02. The number of carbonyl (C=O) groups excluding carboxylic acids is 1. The first-order valence-corrected chi connectivity index (χ1v) is 4.86. The second-order valence-electron chi connectivity index (χ2n) is 3.99. The molecule has 1 saturated carbocycles. The maximum Gasteiger partial charge on any atom is 0.255 e. The van der Waals surface area contributed by atoms with Crippen LogP contribution in [0.2, 0.25) is 0 Å². The third-order valence-corrected chi connectivity index (χ3v) is 2.99. The summed E-state index contributed by atoms with van der Waals surface area (Å²) in [5.41, 5.74) is 1.10. The van der Waals surface area contributed by atoms with Gasteiger partial charge in [0, 0.05) is 0 Å². The molecule has 1 heterocycles. The Hall–Kier alpha value is -1.38. The van der Waals surface area contributed by atoms with Crippen molar-refractivity contribution in [3.05, 3.63) is 35.1 Å². The molecule has 1 aromatic carbocycles. The molecule has 1 N–H and O–H groups in total. The number of rotatable bonds is 1. The molecule has 0 radical (unpaired) electrons. The minimum absolute atomic E-state index is 0.0631. The molecular formula is C11H10FNO. The third-order valence-electron chi connectivity index (χ3n) is 2.99. The van der Waals surface area contributed by atoms with E-state index in [4.69, 9.17) is 0 Å². The Morgan fingerprint density at radius 2 is 2.14 bits per heavy atom. The van der Waals surface area contributed by atoms with Crippen LogP contribution in [-0.2, 0) is 0 Å². The largest absolute Gasteiger partial charge is 0.345 e. The van der Waals surface area contributed by atoms with Gasteiger partial charge in [0.15, 0.2) is 0 Å². The zero-order chi connectivity index (χ0) is 9.71. The zero-order valence-corrected chi connectivity index (χ0v) is 7.59. The van der Waals surface area contributed by atoms with Gasteiger partial charge in [0.25, 0.3) is 5.91 Å². The Labute approximate surface area is 81.1 Å². The van der Waals surface area contributed by atoms with E-state index < -0.39 is 5.82 Å². The molecule has 1 fully saturated rings. The summed E-state index contributed by atoms with van der Waals surface area (Å²) in [5, 5.41) is 2.84. The minimum Gasteiger partial charge on any atom is -0.345 e. The Kier molecular flexibility index (Phi) is 1.46. The maximum atomic E-state index is 13.3. The Morgan fingerprint density at radius 3 is 2.86 bits per heavy atom. The van der Waals surface area contributed by atoms with Crippen LogP contribution in [0.3, 0.4) is 0 Å². The van der Waals surface area contributed by atoms with Crippen molar-refractivity contribution in [1.29, 1.82) is 0 Å². The molecule has 1 aromatic rings. The van der Waals surface area contributed by atoms with Gasteiger partial charge >= 0.3 is 0 Å². The van der Waals surface area contributed by atoms with Gasteiger partial charge in [-0.15, -0.1) is 0 Å². The van der Waals surface area contributed by atoms with Gasteiger partial charge in [-0.2, -0.15) is 0 Å². The first-order chi connectivity index (χ1) is 6.77. The summed E-state index contributed by atoms with van der Waals surface area (Å²) in [4.78, 5) is 11.5. The molecule has 0 spiro atoms. The van der Waals surface area contributed by atoms with E-state index in [9.17, 15) is 9.18 Å². The average molecular weight is 191 g/mol. The van der Waals surface area contributed by atoms with E-state index in [-0.39, 0.29) is 17.5 Å². The quantitative estimate of drug-likeness (QED) is 0.722. The molecule has 0 bridgehead atoms. The normalized spacial score (nSPS) is 24.6. The highest BCUT2D eigenvalue weighted by molar-refractivity contribution is 5.99. The van der Waals surface area contributed by atoms with Crippen molar-refractivity contribution in [2.75, 3.05) is 0 Å². The molecule has 14 heavy (non-hydrogen) atoms. The summed E-state index contributed by atoms with van der Waals surface area (Å²) in [6, 6.07) is 4.92. The number of fused-ring (bicyclic) bond motifs is 1. The minimum atomic E-state index is -0.400. The first kappa shape index (κ1) is 7.97. The summed E-state index contributed by atoms with van der Waals surface area (Å²) < 4.78 is 13.3. The van der Waals surface area contributed by atoms with E-state index in [1.54, 1.807) is 6.07 Å². The number of hydrogen-bond acceptors (Lipinski definition) is 1. The van der Waals surface area contributed by atoms with Crippen molar-refractivity contribution in [2.45, 2.75) is 18.9 Å². The lowest BCUT2D eigenvalue weighted by Gasteiger charge is -2.08. The molecule has 3 rings (SSSR count). The fourth-order valence-corrected chi connectivity index (χ4v) is 2.13. The lowest BCUT2D eigenvalue weighted by molar-refractivity contribution is 0.0950. The lowest BCUT2D eigenvalue weighted by Crippen LogP contribution is -2.20. The SMILES string of the molecule is O=C1NC(C2CC2)c2cccc(F)c21. The predicted molar refractivity (Wildman–Crippen MR) is 49.3 cm³/mol. The molecule has 1 amide bonds. The van der Waals surface area contributed by atoms with Crippen LogP contribution in [-0.4, -0.2) is 5.91 Å². The monoisotopic (exact) mass is 191 g/mol. The average Bonchev–Trinajstić information content (AvgIpc) is 2.93. The molecule has 72 valence electrons. The first-order valence-electron chi connectivity index (χ1n) is 4.86. The Bertz CT molecular complexity index is 412. The van der Waals surface area contributed by atoms with Gasteiger partial charge < -0.3 is 5.32 Å². The molecule has 3 heteroatoms. The van der Waals surface area contributed by atoms with Crippen LogP contribution in [0.15, 0.2) is 18.2 Å². The van der Waals surface area contributed by atoms with E-state index >= 15 is 0 Å². The summed E-state index contributed by atoms with van der Waals surface area (Å²) in [6.07, 6.45) is 2.28. The molecule has 0 saturated heterocycles. The van der Waals surface area contributed by atoms with E-state index in [0.717, 1.165) is 18.4 Å². The van der Waals surface area contributed by atoms with Gasteiger partial charge in [-0.25, -0.2) is 4.39 Å². The van der Waals surface area contributed by atoms with E-state index in [1.807, 2.05) is 6.07 Å². The standard InChI is InChI=1S/C11H10FNO/c12-8-3-1-2-7-9(8)11(14)13-10(7)6-4-5-6/h1-3,6,10H,4-5H2,(H,13,14). The number of amides is 1. The number of benzene rings is 1. The van der Waals surface area contributed by atoms with Crippen molar-refractivity contribution in [3.8, 4) is 0 Å². The highest BCUT2D eigenvalue weighted by Gasteiger charge is 2.40. The summed E-state index contributed by atoms with van der Waals surface area (Å²) >= 11 is 0. The molecule has 1 aliphatic carbocycles. The van der Waals surface area contributed by atoms with Crippen molar-refractivity contribution in [1.82, 2.24) is 5.32 Å². The van der Waals surface area contributed by atoms with E-state index in [0.29, 0.717) is 5.92 Å². The van der Waals surface area contributed by atoms with Gasteiger partial charge in [0.2, 0.25) is 0 Å². The number of nitrogens with one attached hydrogen (secondary N) is 1. The third kappa shape index (κ3) is 0.983. The van der Waals surface area contributed by atoms with Gasteiger partial charge in [-0.1, -0.05) is 12.1 Å². The van der Waals surface area contributed by atoms with Crippen molar-refractivity contribution < 1.29 is 9.18 Å². The number of hydrogen-bond donors (Lipinski definition) is 1. The molecule has 1 unspecified atom stereocenters. The fraction of sp³-hybridized carbons (Fsp3) is 0.364. The van der Waals surface area contributed by atoms with Gasteiger partial charge in [-0.3, -0.25) is 4.79 Å². The highest BCUT2D eigenvalue weighted by Crippen LogP contribution is 2.44. The lowest BCUT2D eigenvalue weighted by atomic mass is 10.0. The smallest absolute Gasteiger partial charge is 0.255 e. The fourth-order valence-electron chi connectivity index (χ4n) is 2.13. The van der Waals surface area contributed by atoms with Gasteiger partial charge in [0.1, 0.15) is 5.82 Å². The van der Waals surface area contributed by atoms with E-state index in [1.165, 1.54) is 6.07 Å². The maximum absolute atomic E-state index is 13.3. The highest BCUT2D eigenvalue weighted by atomic mass is 19.1. The summed E-state index contributed by atoms with van der Waals surface area (Å²) in [5.74, 6) is -0.125. The Balaban J connectivity index is 2.13. The second-order valence-corrected chi connectivity index (χ2v) is 3.99. The summed E-state index contributed by atoms with van der Waals surface area (Å²) in [6.45, 7) is 0. The Morgan fingerprint density at radius 1 is 1.36 bits per heavy atom. The van der Waals surface area contributed by atoms with Crippen LogP contribution in [0.5, 0.6) is 0 Å². The number of carbonyl (C=O) groups is 1. The molecule has 2 aliphatic rings. The van der Waals surface area contributed by atoms with Crippen LogP contribution in [0.25, 0.3) is 0 Å². The molecule has 0 aromatic heterocycles. The molecule has 1 atom stereocenters. The van der Waals surface area contributed by atoms with Crippen LogP contribution >= 0.6 is 0 Å².